The molecule has 6 aromatic rings. The Morgan fingerprint density at radius 3 is 1.98 bits per heavy atom. The van der Waals surface area contributed by atoms with Crippen LogP contribution in [0.3, 0.4) is 0 Å². The van der Waals surface area contributed by atoms with E-state index in [-0.39, 0.29) is 0 Å². The fourth-order valence-electron chi connectivity index (χ4n) is 9.65. The Morgan fingerprint density at radius 2 is 1.27 bits per heavy atom. The summed E-state index contributed by atoms with van der Waals surface area (Å²) in [6.45, 7) is 7.59. The third kappa shape index (κ3) is 4.88. The summed E-state index contributed by atoms with van der Waals surface area (Å²) in [6.07, 6.45) is 8.40. The topological polar surface area (TPSA) is 53.9 Å². The number of hydrogen-bond acceptors (Lipinski definition) is 3. The number of hydrogen-bond donors (Lipinski definition) is 0. The van der Waals surface area contributed by atoms with Crippen molar-refractivity contribution < 1.29 is 0 Å². The van der Waals surface area contributed by atoms with Gasteiger partial charge in [0.2, 0.25) is 0 Å². The molecule has 0 unspecified atom stereocenters. The lowest BCUT2D eigenvalue weighted by Gasteiger charge is -2.57. The maximum absolute atomic E-state index is 9.67. The Labute approximate surface area is 281 Å². The highest BCUT2D eigenvalue weighted by molar-refractivity contribution is 5.99. The smallest absolute Gasteiger partial charge is 0.189 e. The van der Waals surface area contributed by atoms with Crippen LogP contribution in [0.1, 0.15) is 49.7 Å². The van der Waals surface area contributed by atoms with Gasteiger partial charge in [0.1, 0.15) is 0 Å². The van der Waals surface area contributed by atoms with Crippen molar-refractivity contribution >= 4 is 16.5 Å². The van der Waals surface area contributed by atoms with Crippen LogP contribution in [0, 0.1) is 35.7 Å². The summed E-state index contributed by atoms with van der Waals surface area (Å²) in [5, 5.41) is 12.4. The summed E-state index contributed by atoms with van der Waals surface area (Å²) in [4.78, 5) is 13.6. The zero-order chi connectivity index (χ0) is 32.2. The molecule has 0 atom stereocenters. The first kappa shape index (κ1) is 28.6. The van der Waals surface area contributed by atoms with Crippen LogP contribution in [0.2, 0.25) is 0 Å². The van der Waals surface area contributed by atoms with E-state index in [0.717, 1.165) is 45.7 Å². The molecule has 48 heavy (non-hydrogen) atoms. The van der Waals surface area contributed by atoms with Crippen LogP contribution >= 0.6 is 0 Å². The van der Waals surface area contributed by atoms with Crippen LogP contribution in [-0.4, -0.2) is 9.97 Å². The monoisotopic (exact) mass is 618 g/mol. The van der Waals surface area contributed by atoms with Gasteiger partial charge in [0.05, 0.1) is 24.0 Å². The molecule has 230 valence electrons. The van der Waals surface area contributed by atoms with Gasteiger partial charge in [-0.15, -0.1) is 0 Å². The van der Waals surface area contributed by atoms with Crippen LogP contribution in [0.25, 0.3) is 60.6 Å². The number of aromatic nitrogens is 2. The van der Waals surface area contributed by atoms with E-state index in [1.807, 2.05) is 36.4 Å². The maximum Gasteiger partial charge on any atom is 0.189 e. The highest BCUT2D eigenvalue weighted by Crippen LogP contribution is 2.61. The Hall–Kier alpha value is -5.58. The van der Waals surface area contributed by atoms with Gasteiger partial charge in [-0.2, -0.15) is 5.26 Å². The van der Waals surface area contributed by atoms with E-state index in [4.69, 9.17) is 16.5 Å². The number of nitrogens with zero attached hydrogens (tertiary/aromatic N) is 4. The van der Waals surface area contributed by atoms with Crippen molar-refractivity contribution in [1.29, 1.82) is 5.26 Å². The molecule has 4 bridgehead atoms. The second kappa shape index (κ2) is 11.3. The first-order chi connectivity index (χ1) is 23.6. The predicted molar refractivity (Wildman–Crippen MR) is 192 cm³/mol. The minimum atomic E-state index is 0.329. The van der Waals surface area contributed by atoms with Gasteiger partial charge < -0.3 is 0 Å². The van der Waals surface area contributed by atoms with Crippen LogP contribution < -0.4 is 0 Å². The summed E-state index contributed by atoms with van der Waals surface area (Å²) in [7, 11) is 0. The molecule has 0 amide bonds. The minimum absolute atomic E-state index is 0.329. The van der Waals surface area contributed by atoms with E-state index in [1.165, 1.54) is 54.9 Å². The Kier molecular flexibility index (Phi) is 6.73. The van der Waals surface area contributed by atoms with Crippen LogP contribution in [-0.2, 0) is 5.41 Å². The number of fused-ring (bicyclic) bond motifs is 1. The lowest BCUT2D eigenvalue weighted by Crippen LogP contribution is -2.48. The molecule has 4 saturated carbocycles. The molecular formula is C44H34N4. The Morgan fingerprint density at radius 1 is 0.625 bits per heavy atom. The fraction of sp³-hybridized carbons (Fsp3) is 0.227. The van der Waals surface area contributed by atoms with Gasteiger partial charge >= 0.3 is 0 Å². The highest BCUT2D eigenvalue weighted by Gasteiger charge is 2.52. The second-order valence-electron chi connectivity index (χ2n) is 14.3. The highest BCUT2D eigenvalue weighted by atomic mass is 14.9. The summed E-state index contributed by atoms with van der Waals surface area (Å²) in [5.74, 6) is 3.31. The summed E-state index contributed by atoms with van der Waals surface area (Å²) < 4.78 is 0. The van der Waals surface area contributed by atoms with Gasteiger partial charge in [-0.3, -0.25) is 0 Å². The molecule has 5 aromatic carbocycles. The van der Waals surface area contributed by atoms with E-state index in [0.29, 0.717) is 28.2 Å². The van der Waals surface area contributed by atoms with E-state index in [1.54, 1.807) is 23.8 Å². The molecular weight excluding hydrogens is 585 g/mol. The molecule has 4 heteroatoms. The molecule has 0 radical (unpaired) electrons. The molecule has 0 spiro atoms. The van der Waals surface area contributed by atoms with Crippen LogP contribution in [0.4, 0.5) is 5.69 Å². The molecule has 1 aromatic heterocycles. The van der Waals surface area contributed by atoms with Crippen molar-refractivity contribution in [2.24, 2.45) is 17.8 Å². The van der Waals surface area contributed by atoms with Gasteiger partial charge in [0, 0.05) is 16.7 Å². The summed E-state index contributed by atoms with van der Waals surface area (Å²) in [6, 6.07) is 41.9. The first-order valence-electron chi connectivity index (χ1n) is 17.1. The third-order valence-corrected chi connectivity index (χ3v) is 11.2. The van der Waals surface area contributed by atoms with Crippen molar-refractivity contribution in [3.05, 3.63) is 138 Å². The van der Waals surface area contributed by atoms with E-state index < -0.39 is 0 Å². The third-order valence-electron chi connectivity index (χ3n) is 11.2. The molecule has 1 heterocycles. The zero-order valence-electron chi connectivity index (χ0n) is 26.7. The van der Waals surface area contributed by atoms with Gasteiger partial charge in [0.25, 0.3) is 0 Å². The predicted octanol–water partition coefficient (Wildman–Crippen LogP) is 11.2. The van der Waals surface area contributed by atoms with Gasteiger partial charge in [-0.25, -0.2) is 14.8 Å². The average molecular weight is 619 g/mol. The first-order valence-corrected chi connectivity index (χ1v) is 17.1. The molecule has 4 aliphatic rings. The normalized spacial score (nSPS) is 22.3. The van der Waals surface area contributed by atoms with Crippen molar-refractivity contribution in [3.63, 3.8) is 0 Å². The number of rotatable bonds is 5. The quantitative estimate of drug-likeness (QED) is 0.181. The minimum Gasteiger partial charge on any atom is -0.238 e. The van der Waals surface area contributed by atoms with Gasteiger partial charge in [-0.05, 0) is 125 Å². The molecule has 0 aliphatic heterocycles. The van der Waals surface area contributed by atoms with Gasteiger partial charge in [-0.1, -0.05) is 84.9 Å². The standard InChI is InChI=1S/C44H34N4/c1-46-36-20-31(27-45)19-35(22-36)42-23-41(47-43(48-42)32-8-3-2-4-9-32)34-11-7-10-33(21-34)37-14-15-40(39-13-6-5-12-38(37)39)44-24-28-16-29(25-44)18-30(17-28)26-44/h2-15,19-23,28-30H,16-18,24-26H2. The van der Waals surface area contributed by atoms with Gasteiger partial charge in [0.15, 0.2) is 11.5 Å². The van der Waals surface area contributed by atoms with E-state index in [2.05, 4.69) is 71.6 Å². The molecule has 4 fully saturated rings. The summed E-state index contributed by atoms with van der Waals surface area (Å²) in [5.41, 5.74) is 9.24. The fourth-order valence-corrected chi connectivity index (χ4v) is 9.65. The lowest BCUT2D eigenvalue weighted by atomic mass is 9.47. The SMILES string of the molecule is [C-]#[N+]c1cc(C#N)cc(-c2cc(-c3cccc(-c4ccc(C56CC7CC(CC(C7)C5)C6)c5ccccc45)c3)nc(-c3ccccc3)n2)c1. The van der Waals surface area contributed by atoms with Crippen molar-refractivity contribution in [1.82, 2.24) is 9.97 Å². The van der Waals surface area contributed by atoms with Crippen LogP contribution in [0.15, 0.2) is 115 Å². The van der Waals surface area contributed by atoms with Crippen molar-refractivity contribution in [3.8, 4) is 51.1 Å². The van der Waals surface area contributed by atoms with Crippen LogP contribution in [0.5, 0.6) is 0 Å². The largest absolute Gasteiger partial charge is 0.238 e. The Bertz CT molecular complexity index is 2240. The lowest BCUT2D eigenvalue weighted by molar-refractivity contribution is -0.00449. The average Bonchev–Trinajstić information content (AvgIpc) is 3.13. The van der Waals surface area contributed by atoms with Crippen molar-refractivity contribution in [2.75, 3.05) is 0 Å². The van der Waals surface area contributed by atoms with E-state index in [9.17, 15) is 5.26 Å². The molecule has 0 saturated heterocycles. The molecule has 10 rings (SSSR count). The molecule has 0 N–H and O–H groups in total. The van der Waals surface area contributed by atoms with E-state index >= 15 is 0 Å². The molecule has 4 nitrogen and oxygen atoms in total. The van der Waals surface area contributed by atoms with Crippen molar-refractivity contribution in [2.45, 2.75) is 43.9 Å². The summed E-state index contributed by atoms with van der Waals surface area (Å²) >= 11 is 0. The Balaban J connectivity index is 1.17. The zero-order valence-corrected chi connectivity index (χ0v) is 26.7. The second-order valence-corrected chi connectivity index (χ2v) is 14.3. The maximum atomic E-state index is 9.67. The number of nitriles is 1. The molecule has 4 aliphatic carbocycles. The number of benzene rings is 5.